The third-order valence-corrected chi connectivity index (χ3v) is 2.21. The number of imide groups is 1. The van der Waals surface area contributed by atoms with Crippen LogP contribution in [0, 0.1) is 0 Å². The predicted molar refractivity (Wildman–Crippen MR) is 49.6 cm³/mol. The van der Waals surface area contributed by atoms with Gasteiger partial charge < -0.3 is 4.18 Å². The van der Waals surface area contributed by atoms with E-state index in [4.69, 9.17) is 4.55 Å². The molecule has 1 heterocycles. The summed E-state index contributed by atoms with van der Waals surface area (Å²) in [7, 11) is 0. The Hall–Kier alpha value is -1.73. The summed E-state index contributed by atoms with van der Waals surface area (Å²) < 4.78 is 23.3. The maximum Gasteiger partial charge on any atom is 0.357 e. The average Bonchev–Trinajstić information content (AvgIpc) is 2.41. The molecule has 0 saturated heterocycles. The predicted octanol–water partition coefficient (Wildman–Crippen LogP) is 0.0857. The molecular weight excluding hydrogens is 222 g/mol. The van der Waals surface area contributed by atoms with Gasteiger partial charge in [0, 0.05) is 0 Å². The summed E-state index contributed by atoms with van der Waals surface area (Å²) in [6.45, 7) is 0. The molecule has 0 aliphatic carbocycles. The Labute approximate surface area is 86.7 Å². The van der Waals surface area contributed by atoms with Gasteiger partial charge in [0.2, 0.25) is 0 Å². The maximum absolute atomic E-state index is 11.2. The molecule has 0 saturated carbocycles. The van der Waals surface area contributed by atoms with Crippen molar-refractivity contribution < 1.29 is 22.5 Å². The minimum absolute atomic E-state index is 0.0550. The number of carbonyl (C=O) groups excluding carboxylic acids is 2. The van der Waals surface area contributed by atoms with E-state index in [1.165, 1.54) is 18.2 Å². The van der Waals surface area contributed by atoms with Gasteiger partial charge in [0.15, 0.2) is 0 Å². The van der Waals surface area contributed by atoms with Crippen LogP contribution in [0.4, 0.5) is 0 Å². The minimum atomic E-state index is -2.45. The van der Waals surface area contributed by atoms with E-state index in [9.17, 15) is 13.8 Å². The molecule has 0 radical (unpaired) electrons. The van der Waals surface area contributed by atoms with Crippen LogP contribution in [0.5, 0.6) is 5.75 Å². The van der Waals surface area contributed by atoms with Crippen LogP contribution in [0.3, 0.4) is 0 Å². The first-order valence-corrected chi connectivity index (χ1v) is 4.90. The Morgan fingerprint density at radius 3 is 2.53 bits per heavy atom. The van der Waals surface area contributed by atoms with Crippen LogP contribution < -0.4 is 9.50 Å². The second-order valence-corrected chi connectivity index (χ2v) is 3.39. The van der Waals surface area contributed by atoms with E-state index in [1.54, 1.807) is 0 Å². The van der Waals surface area contributed by atoms with Gasteiger partial charge in [0.05, 0.1) is 11.1 Å². The number of benzene rings is 1. The summed E-state index contributed by atoms with van der Waals surface area (Å²) >= 11 is -2.45. The van der Waals surface area contributed by atoms with Crippen molar-refractivity contribution in [2.24, 2.45) is 0 Å². The molecule has 6 nitrogen and oxygen atoms in total. The van der Waals surface area contributed by atoms with Crippen LogP contribution in [-0.2, 0) is 11.4 Å². The van der Waals surface area contributed by atoms with Gasteiger partial charge in [-0.3, -0.25) is 19.5 Å². The first-order valence-electron chi connectivity index (χ1n) is 3.87. The topological polar surface area (TPSA) is 92.7 Å². The molecule has 2 rings (SSSR count). The molecule has 1 unspecified atom stereocenters. The summed E-state index contributed by atoms with van der Waals surface area (Å²) in [5.74, 6) is -0.963. The zero-order valence-corrected chi connectivity index (χ0v) is 8.04. The molecule has 0 spiro atoms. The molecule has 78 valence electrons. The third-order valence-electron chi connectivity index (χ3n) is 1.87. The second kappa shape index (κ2) is 3.44. The van der Waals surface area contributed by atoms with Crippen LogP contribution in [0.25, 0.3) is 0 Å². The van der Waals surface area contributed by atoms with E-state index in [0.717, 1.165) is 0 Å². The van der Waals surface area contributed by atoms with Gasteiger partial charge in [-0.25, -0.2) is 0 Å². The lowest BCUT2D eigenvalue weighted by Crippen LogP contribution is -2.19. The molecule has 2 amide bonds. The summed E-state index contributed by atoms with van der Waals surface area (Å²) in [4.78, 5) is 22.3. The Kier molecular flexibility index (Phi) is 2.25. The van der Waals surface area contributed by atoms with Gasteiger partial charge in [0.25, 0.3) is 11.8 Å². The number of amides is 2. The highest BCUT2D eigenvalue weighted by Gasteiger charge is 2.27. The number of rotatable bonds is 2. The van der Waals surface area contributed by atoms with Crippen molar-refractivity contribution >= 4 is 23.2 Å². The standard InChI is InChI=1S/C8H5NO5S/c10-7-5-2-1-4(14-15(12)13)3-6(5)8(11)9-7/h1-3H,(H,12,13)(H,9,10,11). The van der Waals surface area contributed by atoms with Crippen LogP contribution in [-0.4, -0.2) is 20.6 Å². The van der Waals surface area contributed by atoms with Crippen molar-refractivity contribution in [3.8, 4) is 5.75 Å². The fourth-order valence-corrected chi connectivity index (χ4v) is 1.55. The molecular formula is C8H5NO5S. The van der Waals surface area contributed by atoms with Gasteiger partial charge in [0.1, 0.15) is 5.75 Å². The Morgan fingerprint density at radius 1 is 1.20 bits per heavy atom. The number of carbonyl (C=O) groups is 2. The van der Waals surface area contributed by atoms with Gasteiger partial charge in [-0.2, -0.15) is 4.21 Å². The second-order valence-electron chi connectivity index (χ2n) is 2.79. The van der Waals surface area contributed by atoms with Crippen molar-refractivity contribution in [1.82, 2.24) is 5.32 Å². The summed E-state index contributed by atoms with van der Waals surface area (Å²) in [5, 5.41) is 2.09. The molecule has 1 atom stereocenters. The molecule has 0 aromatic heterocycles. The fraction of sp³-hybridized carbons (Fsp3) is 0. The Morgan fingerprint density at radius 2 is 1.87 bits per heavy atom. The lowest BCUT2D eigenvalue weighted by Gasteiger charge is -2.00. The molecule has 7 heteroatoms. The molecule has 2 N–H and O–H groups in total. The first-order chi connectivity index (χ1) is 7.08. The molecule has 1 aliphatic heterocycles. The quantitative estimate of drug-likeness (QED) is 0.551. The Balaban J connectivity index is 2.42. The largest absolute Gasteiger partial charge is 0.380 e. The third kappa shape index (κ3) is 1.74. The number of hydrogen-bond donors (Lipinski definition) is 2. The normalized spacial score (nSPS) is 15.8. The average molecular weight is 227 g/mol. The van der Waals surface area contributed by atoms with Crippen molar-refractivity contribution in [2.45, 2.75) is 0 Å². The summed E-state index contributed by atoms with van der Waals surface area (Å²) in [6.07, 6.45) is 0. The van der Waals surface area contributed by atoms with E-state index < -0.39 is 23.2 Å². The zero-order valence-electron chi connectivity index (χ0n) is 7.22. The van der Waals surface area contributed by atoms with Crippen molar-refractivity contribution in [2.75, 3.05) is 0 Å². The molecule has 0 fully saturated rings. The van der Waals surface area contributed by atoms with E-state index in [0.29, 0.717) is 0 Å². The van der Waals surface area contributed by atoms with Crippen LogP contribution >= 0.6 is 0 Å². The molecule has 1 aliphatic rings. The monoisotopic (exact) mass is 227 g/mol. The van der Waals surface area contributed by atoms with E-state index in [-0.39, 0.29) is 16.9 Å². The molecule has 0 bridgehead atoms. The van der Waals surface area contributed by atoms with Crippen molar-refractivity contribution in [3.05, 3.63) is 29.3 Å². The van der Waals surface area contributed by atoms with E-state index >= 15 is 0 Å². The van der Waals surface area contributed by atoms with Gasteiger partial charge >= 0.3 is 11.4 Å². The van der Waals surface area contributed by atoms with Crippen molar-refractivity contribution in [1.29, 1.82) is 0 Å². The fourth-order valence-electron chi connectivity index (χ4n) is 1.28. The number of nitrogens with one attached hydrogen (secondary N) is 1. The molecule has 15 heavy (non-hydrogen) atoms. The zero-order chi connectivity index (χ0) is 11.0. The summed E-state index contributed by atoms with van der Waals surface area (Å²) in [6, 6.07) is 3.94. The Bertz CT molecular complexity index is 484. The SMILES string of the molecule is O=C1NC(=O)c2cc(OS(=O)O)ccc21. The highest BCUT2D eigenvalue weighted by Crippen LogP contribution is 2.21. The smallest absolute Gasteiger partial charge is 0.357 e. The van der Waals surface area contributed by atoms with Gasteiger partial charge in [-0.05, 0) is 18.2 Å². The number of hydrogen-bond acceptors (Lipinski definition) is 4. The van der Waals surface area contributed by atoms with Gasteiger partial charge in [-0.15, -0.1) is 0 Å². The first kappa shape index (κ1) is 9.81. The molecule has 1 aromatic rings. The minimum Gasteiger partial charge on any atom is -0.380 e. The number of fused-ring (bicyclic) bond motifs is 1. The van der Waals surface area contributed by atoms with Gasteiger partial charge in [-0.1, -0.05) is 0 Å². The van der Waals surface area contributed by atoms with Crippen LogP contribution in [0.15, 0.2) is 18.2 Å². The lowest BCUT2D eigenvalue weighted by molar-refractivity contribution is 0.0879. The summed E-state index contributed by atoms with van der Waals surface area (Å²) in [5.41, 5.74) is 0.374. The highest BCUT2D eigenvalue weighted by molar-refractivity contribution is 7.74. The maximum atomic E-state index is 11.2. The van der Waals surface area contributed by atoms with Crippen molar-refractivity contribution in [3.63, 3.8) is 0 Å². The van der Waals surface area contributed by atoms with E-state index in [2.05, 4.69) is 9.50 Å². The lowest BCUT2D eigenvalue weighted by atomic mass is 10.1. The van der Waals surface area contributed by atoms with Crippen LogP contribution in [0.1, 0.15) is 20.7 Å². The van der Waals surface area contributed by atoms with Crippen LogP contribution in [0.2, 0.25) is 0 Å². The molecule has 1 aromatic carbocycles. The highest BCUT2D eigenvalue weighted by atomic mass is 32.2. The van der Waals surface area contributed by atoms with E-state index in [1.807, 2.05) is 0 Å².